The average molecular weight is 495 g/mol. The first kappa shape index (κ1) is 22.5. The van der Waals surface area contributed by atoms with Crippen LogP contribution in [0.4, 0.5) is 0 Å². The van der Waals surface area contributed by atoms with Gasteiger partial charge in [-0.05, 0) is 87.5 Å². The molecule has 8 heteroatoms. The molecule has 2 aliphatic rings. The summed E-state index contributed by atoms with van der Waals surface area (Å²) >= 11 is 8.82. The Hall–Kier alpha value is -1.28. The molecule has 2 aromatic rings. The third-order valence-corrected chi connectivity index (χ3v) is 8.78. The Morgan fingerprint density at radius 1 is 1.19 bits per heavy atom. The zero-order valence-electron chi connectivity index (χ0n) is 19.5. The molecule has 0 saturated carbocycles. The van der Waals surface area contributed by atoms with E-state index in [1.165, 1.54) is 49.0 Å². The lowest BCUT2D eigenvalue weighted by Gasteiger charge is -2.40. The highest BCUT2D eigenvalue weighted by atomic mass is 35.5. The van der Waals surface area contributed by atoms with Gasteiger partial charge in [-0.1, -0.05) is 17.7 Å². The van der Waals surface area contributed by atoms with E-state index in [1.807, 2.05) is 29.2 Å². The fraction of sp³-hybridized carbons (Fsp3) is 0.583. The summed E-state index contributed by atoms with van der Waals surface area (Å²) in [6.07, 6.45) is 4.77. The fourth-order valence-electron chi connectivity index (χ4n) is 4.95. The van der Waals surface area contributed by atoms with Crippen molar-refractivity contribution in [2.45, 2.75) is 31.7 Å². The van der Waals surface area contributed by atoms with Gasteiger partial charge >= 0.3 is 0 Å². The van der Waals surface area contributed by atoms with Gasteiger partial charge in [0.25, 0.3) is 5.91 Å². The molecule has 2 fully saturated rings. The predicted molar refractivity (Wildman–Crippen MR) is 136 cm³/mol. The molecule has 4 rings (SSSR count). The first-order valence-corrected chi connectivity index (χ1v) is 13.6. The lowest BCUT2D eigenvalue weighted by atomic mass is 9.79. The van der Waals surface area contributed by atoms with Gasteiger partial charge in [0.1, 0.15) is 6.04 Å². The molecule has 32 heavy (non-hydrogen) atoms. The number of nitrogens with one attached hydrogen (secondary N) is 1. The maximum atomic E-state index is 13.3. The van der Waals surface area contributed by atoms with Crippen LogP contribution in [0.25, 0.3) is 10.1 Å². The molecule has 1 N–H and O–H groups in total. The molecule has 3 heterocycles. The highest BCUT2D eigenvalue weighted by Gasteiger charge is 2.33. The fourth-order valence-corrected chi connectivity index (χ4v) is 6.65. The van der Waals surface area contributed by atoms with Crippen LogP contribution in [-0.4, -0.2) is 72.9 Å². The summed E-state index contributed by atoms with van der Waals surface area (Å²) in [6.45, 7) is 3.86. The van der Waals surface area contributed by atoms with Crippen molar-refractivity contribution in [1.82, 2.24) is 15.1 Å². The number of likely N-dealkylation sites (tertiary alicyclic amines) is 2. The van der Waals surface area contributed by atoms with Gasteiger partial charge in [-0.2, -0.15) is 11.8 Å². The molecule has 5 nitrogen and oxygen atoms in total. The molecule has 0 unspecified atom stereocenters. The number of nitrogens with zero attached hydrogens (tertiary/aromatic N) is 2. The molecule has 2 saturated heterocycles. The molecule has 0 bridgehead atoms. The lowest BCUT2D eigenvalue weighted by Crippen LogP contribution is -2.52. The number of rotatable bonds is 6. The third-order valence-electron chi connectivity index (χ3n) is 6.88. The second kappa shape index (κ2) is 10.8. The minimum absolute atomic E-state index is 0.0183. The van der Waals surface area contributed by atoms with Crippen LogP contribution in [0, 0.1) is 11.8 Å². The molecule has 2 amide bonds. The van der Waals surface area contributed by atoms with E-state index in [2.05, 4.69) is 17.3 Å². The van der Waals surface area contributed by atoms with Crippen LogP contribution in [-0.2, 0) is 4.79 Å². The predicted octanol–water partition coefficient (Wildman–Crippen LogP) is 4.60. The molecule has 2 aliphatic heterocycles. The molecule has 1 aromatic carbocycles. The van der Waals surface area contributed by atoms with Crippen molar-refractivity contribution in [2.24, 2.45) is 11.8 Å². The summed E-state index contributed by atoms with van der Waals surface area (Å²) in [5.41, 5.74) is 0. The van der Waals surface area contributed by atoms with Crippen LogP contribution in [0.5, 0.6) is 0 Å². The van der Waals surface area contributed by atoms with Crippen LogP contribution in [0.3, 0.4) is 0 Å². The number of piperidine rings is 2. The van der Waals surface area contributed by atoms with Gasteiger partial charge in [0.2, 0.25) is 5.91 Å². The first-order valence-electron chi connectivity index (χ1n) is 12.0. The van der Waals surface area contributed by atoms with Crippen LogP contribution in [0.2, 0.25) is 5.02 Å². The lowest BCUT2D eigenvalue weighted by molar-refractivity contribution is -0.134. The van der Waals surface area contributed by atoms with Gasteiger partial charge in [0, 0.05) is 29.9 Å². The van der Waals surface area contributed by atoms with Crippen molar-refractivity contribution in [3.63, 3.8) is 0 Å². The molecule has 0 radical (unpaired) electrons. The van der Waals surface area contributed by atoms with Crippen molar-refractivity contribution in [3.05, 3.63) is 34.2 Å². The second-order valence-electron chi connectivity index (χ2n) is 8.99. The van der Waals surface area contributed by atoms with E-state index >= 15 is 0 Å². The highest BCUT2D eigenvalue weighted by Crippen LogP contribution is 2.32. The Labute approximate surface area is 205 Å². The average Bonchev–Trinajstić information content (AvgIpc) is 3.25. The van der Waals surface area contributed by atoms with Crippen molar-refractivity contribution in [2.75, 3.05) is 45.2 Å². The number of amides is 2. The number of thiophene rings is 1. The number of carbonyl (C=O) groups is 2. The van der Waals surface area contributed by atoms with E-state index in [4.69, 9.17) is 13.0 Å². The highest BCUT2D eigenvalue weighted by molar-refractivity contribution is 7.98. The van der Waals surface area contributed by atoms with Crippen molar-refractivity contribution >= 4 is 56.6 Å². The number of thioether (sulfide) groups is 1. The minimum atomic E-state index is -0.610. The van der Waals surface area contributed by atoms with Gasteiger partial charge < -0.3 is 15.1 Å². The number of halogens is 1. The number of fused-ring (bicyclic) bond motifs is 1. The summed E-state index contributed by atoms with van der Waals surface area (Å²) < 4.78 is 8.44. The van der Waals surface area contributed by atoms with Crippen molar-refractivity contribution in [3.8, 4) is 0 Å². The van der Waals surface area contributed by atoms with E-state index < -0.39 is 6.04 Å². The standard InChI is InChI=1S/C24H32ClN3O2S2/c1-27-9-5-16(6-10-27)17-7-11-28(12-8-17)24(30)20(15-31-2)26-23(29)22-13-18-3-4-19(25)14-21(18)32-22/h3-4,13-14,16-17,20H,5-12,15H2,1-2H3,(H,26,29)/t20-/m0/s1/i2D. The van der Waals surface area contributed by atoms with Gasteiger partial charge in [0.15, 0.2) is 0 Å². The Morgan fingerprint density at radius 2 is 1.88 bits per heavy atom. The normalized spacial score (nSPS) is 20.3. The molecule has 0 spiro atoms. The number of hydrogen-bond acceptors (Lipinski definition) is 5. The van der Waals surface area contributed by atoms with Crippen LogP contribution < -0.4 is 5.32 Å². The number of hydrogen-bond donors (Lipinski definition) is 1. The topological polar surface area (TPSA) is 52.7 Å². The summed E-state index contributed by atoms with van der Waals surface area (Å²) in [7, 11) is 2.19. The molecule has 1 aromatic heterocycles. The van der Waals surface area contributed by atoms with Gasteiger partial charge in [0.05, 0.1) is 4.88 Å². The quantitative estimate of drug-likeness (QED) is 0.637. The van der Waals surface area contributed by atoms with Crippen LogP contribution in [0.15, 0.2) is 24.3 Å². The molecule has 0 aliphatic carbocycles. The monoisotopic (exact) mass is 494 g/mol. The third kappa shape index (κ3) is 5.61. The van der Waals surface area contributed by atoms with Crippen LogP contribution >= 0.6 is 34.7 Å². The van der Waals surface area contributed by atoms with E-state index in [1.54, 1.807) is 0 Å². The summed E-state index contributed by atoms with van der Waals surface area (Å²) in [4.78, 5) is 31.2. The van der Waals surface area contributed by atoms with Crippen molar-refractivity contribution < 1.29 is 11.0 Å². The Balaban J connectivity index is 1.37. The van der Waals surface area contributed by atoms with Gasteiger partial charge in [-0.25, -0.2) is 0 Å². The van der Waals surface area contributed by atoms with Gasteiger partial charge in [-0.3, -0.25) is 9.59 Å². The van der Waals surface area contributed by atoms with E-state index in [0.717, 1.165) is 41.9 Å². The smallest absolute Gasteiger partial charge is 0.262 e. The minimum Gasteiger partial charge on any atom is -0.341 e. The van der Waals surface area contributed by atoms with Crippen LogP contribution in [0.1, 0.15) is 36.7 Å². The Bertz CT molecular complexity index is 972. The molecular weight excluding hydrogens is 462 g/mol. The number of benzene rings is 1. The molecule has 1 atom stereocenters. The maximum absolute atomic E-state index is 13.3. The Morgan fingerprint density at radius 3 is 2.56 bits per heavy atom. The van der Waals surface area contributed by atoms with Gasteiger partial charge in [-0.15, -0.1) is 11.3 Å². The molecule has 174 valence electrons. The zero-order valence-corrected chi connectivity index (χ0v) is 20.9. The summed E-state index contributed by atoms with van der Waals surface area (Å²) in [5, 5.41) is 4.56. The number of carbonyl (C=O) groups excluding carboxylic acids is 2. The van der Waals surface area contributed by atoms with E-state index in [9.17, 15) is 9.59 Å². The van der Waals surface area contributed by atoms with E-state index in [0.29, 0.717) is 21.6 Å². The summed E-state index contributed by atoms with van der Waals surface area (Å²) in [5.74, 6) is 1.63. The zero-order chi connectivity index (χ0) is 23.4. The SMILES string of the molecule is [2H]CSC[C@H](NC(=O)c1cc2ccc(Cl)cc2s1)C(=O)N1CCC(C2CCN(C)CC2)CC1. The molecular formula is C24H32ClN3O2S2. The second-order valence-corrected chi connectivity index (χ2v) is 11.3. The first-order chi connectivity index (χ1) is 15.9. The van der Waals surface area contributed by atoms with E-state index in [-0.39, 0.29) is 18.0 Å². The largest absolute Gasteiger partial charge is 0.341 e. The van der Waals surface area contributed by atoms with Crippen molar-refractivity contribution in [1.29, 1.82) is 0 Å². The maximum Gasteiger partial charge on any atom is 0.262 e. The Kier molecular flexibility index (Phi) is 7.57. The summed E-state index contributed by atoms with van der Waals surface area (Å²) in [6, 6.07) is 6.80.